The van der Waals surface area contributed by atoms with Crippen molar-refractivity contribution < 1.29 is 19.0 Å². The molecular formula is C22H26FN5O3. The van der Waals surface area contributed by atoms with E-state index in [1.807, 2.05) is 26.0 Å². The molecule has 0 spiro atoms. The van der Waals surface area contributed by atoms with E-state index in [4.69, 9.17) is 9.84 Å². The molecule has 8 nitrogen and oxygen atoms in total. The Morgan fingerprint density at radius 1 is 1.26 bits per heavy atom. The van der Waals surface area contributed by atoms with E-state index >= 15 is 0 Å². The minimum absolute atomic E-state index is 0.00696. The van der Waals surface area contributed by atoms with Crippen molar-refractivity contribution in [3.8, 4) is 11.8 Å². The first-order valence-electron chi connectivity index (χ1n) is 10.3. The van der Waals surface area contributed by atoms with Crippen molar-refractivity contribution in [2.24, 2.45) is 0 Å². The fourth-order valence-corrected chi connectivity index (χ4v) is 3.64. The fourth-order valence-electron chi connectivity index (χ4n) is 3.64. The molecule has 0 unspecified atom stereocenters. The third-order valence-corrected chi connectivity index (χ3v) is 4.96. The zero-order valence-corrected chi connectivity index (χ0v) is 17.5. The van der Waals surface area contributed by atoms with Crippen LogP contribution < -0.4 is 20.7 Å². The number of anilines is 3. The molecule has 1 aliphatic rings. The average molecular weight is 427 g/mol. The Morgan fingerprint density at radius 3 is 2.68 bits per heavy atom. The largest absolute Gasteiger partial charge is 0.491 e. The minimum Gasteiger partial charge on any atom is -0.491 e. The Labute approximate surface area is 180 Å². The van der Waals surface area contributed by atoms with Crippen LogP contribution in [-0.2, 0) is 0 Å². The number of carbonyl (C=O) groups is 1. The van der Waals surface area contributed by atoms with Crippen LogP contribution in [0.4, 0.5) is 26.5 Å². The van der Waals surface area contributed by atoms with Gasteiger partial charge in [0.25, 0.3) is 0 Å². The van der Waals surface area contributed by atoms with Gasteiger partial charge in [-0.1, -0.05) is 18.9 Å². The van der Waals surface area contributed by atoms with Gasteiger partial charge in [0.15, 0.2) is 17.5 Å². The molecule has 4 N–H and O–H groups in total. The summed E-state index contributed by atoms with van der Waals surface area (Å²) in [7, 11) is 0. The van der Waals surface area contributed by atoms with Crippen molar-refractivity contribution in [3.05, 3.63) is 41.7 Å². The van der Waals surface area contributed by atoms with Gasteiger partial charge in [0.05, 0.1) is 17.7 Å². The second-order valence-corrected chi connectivity index (χ2v) is 7.74. The van der Waals surface area contributed by atoms with Crippen molar-refractivity contribution in [3.63, 3.8) is 0 Å². The Kier molecular flexibility index (Phi) is 7.13. The second-order valence-electron chi connectivity index (χ2n) is 7.74. The number of pyridine rings is 1. The van der Waals surface area contributed by atoms with Gasteiger partial charge >= 0.3 is 6.09 Å². The van der Waals surface area contributed by atoms with E-state index in [1.54, 1.807) is 18.2 Å². The molecule has 0 bridgehead atoms. The van der Waals surface area contributed by atoms with Gasteiger partial charge in [0.1, 0.15) is 11.8 Å². The topological polar surface area (TPSA) is 119 Å². The number of nitrogens with one attached hydrogen (secondary N) is 3. The molecule has 1 heterocycles. The Bertz CT molecular complexity index is 976. The van der Waals surface area contributed by atoms with Crippen LogP contribution in [0.3, 0.4) is 0 Å². The van der Waals surface area contributed by atoms with Crippen LogP contribution in [0.2, 0.25) is 0 Å². The molecule has 1 aromatic heterocycles. The smallest absolute Gasteiger partial charge is 0.404 e. The molecular weight excluding hydrogens is 401 g/mol. The van der Waals surface area contributed by atoms with Gasteiger partial charge in [-0.2, -0.15) is 5.26 Å². The standard InChI is InChI=1S/C22H26FN5O3/c1-13(2)31-16-7-5-6-15(11-16)25-20-14(12-24)10-17(23)21(28-20)26-18-8-3-4-9-19(18)27-22(29)30/h5-7,10-11,13,18-19,27H,3-4,8-9H2,1-2H3,(H,29,30)(H2,25,26,28)/t18-,19+/m1/s1. The van der Waals surface area contributed by atoms with E-state index in [2.05, 4.69) is 20.9 Å². The second kappa shape index (κ2) is 9.98. The first-order chi connectivity index (χ1) is 14.9. The number of benzene rings is 1. The van der Waals surface area contributed by atoms with Crippen LogP contribution >= 0.6 is 0 Å². The normalized spacial score (nSPS) is 18.2. The summed E-state index contributed by atoms with van der Waals surface area (Å²) in [6.07, 6.45) is 2.04. The maximum Gasteiger partial charge on any atom is 0.404 e. The van der Waals surface area contributed by atoms with Crippen LogP contribution in [0.5, 0.6) is 5.75 Å². The summed E-state index contributed by atoms with van der Waals surface area (Å²) in [6.45, 7) is 3.84. The molecule has 0 radical (unpaired) electrons. The average Bonchev–Trinajstić information content (AvgIpc) is 2.71. The highest BCUT2D eigenvalue weighted by Gasteiger charge is 2.28. The SMILES string of the molecule is CC(C)Oc1cccc(Nc2nc(N[C@@H]3CCCC[C@@H]3NC(=O)O)c(F)cc2C#N)c1. The summed E-state index contributed by atoms with van der Waals surface area (Å²) >= 11 is 0. The molecule has 9 heteroatoms. The molecule has 1 aromatic carbocycles. The molecule has 1 aliphatic carbocycles. The lowest BCUT2D eigenvalue weighted by Gasteiger charge is -2.32. The van der Waals surface area contributed by atoms with Gasteiger partial charge in [0, 0.05) is 17.8 Å². The van der Waals surface area contributed by atoms with Gasteiger partial charge in [-0.3, -0.25) is 0 Å². The molecule has 0 aliphatic heterocycles. The molecule has 2 atom stereocenters. The lowest BCUT2D eigenvalue weighted by atomic mass is 9.90. The van der Waals surface area contributed by atoms with Crippen molar-refractivity contribution in [1.82, 2.24) is 10.3 Å². The van der Waals surface area contributed by atoms with Crippen LogP contribution in [-0.4, -0.2) is 34.4 Å². The van der Waals surface area contributed by atoms with Crippen molar-refractivity contribution in [2.45, 2.75) is 57.7 Å². The highest BCUT2D eigenvalue weighted by atomic mass is 19.1. The van der Waals surface area contributed by atoms with Crippen molar-refractivity contribution in [1.29, 1.82) is 5.26 Å². The Morgan fingerprint density at radius 2 is 2.00 bits per heavy atom. The highest BCUT2D eigenvalue weighted by molar-refractivity contribution is 5.67. The predicted molar refractivity (Wildman–Crippen MR) is 115 cm³/mol. The zero-order chi connectivity index (χ0) is 22.4. The van der Waals surface area contributed by atoms with Gasteiger partial charge in [-0.15, -0.1) is 0 Å². The molecule has 0 saturated heterocycles. The number of carboxylic acid groups (broad SMARTS) is 1. The lowest BCUT2D eigenvalue weighted by molar-refractivity contribution is 0.184. The predicted octanol–water partition coefficient (Wildman–Crippen LogP) is 4.61. The number of aromatic nitrogens is 1. The molecule has 164 valence electrons. The van der Waals surface area contributed by atoms with E-state index in [-0.39, 0.29) is 35.4 Å². The molecule has 1 saturated carbocycles. The lowest BCUT2D eigenvalue weighted by Crippen LogP contribution is -2.48. The van der Waals surface area contributed by atoms with Crippen molar-refractivity contribution in [2.75, 3.05) is 10.6 Å². The van der Waals surface area contributed by atoms with Gasteiger partial charge in [-0.05, 0) is 44.9 Å². The maximum absolute atomic E-state index is 14.6. The summed E-state index contributed by atoms with van der Waals surface area (Å²) in [6, 6.07) is 9.62. The van der Waals surface area contributed by atoms with E-state index in [9.17, 15) is 14.4 Å². The summed E-state index contributed by atoms with van der Waals surface area (Å²) < 4.78 is 20.3. The Hall–Kier alpha value is -3.54. The summed E-state index contributed by atoms with van der Waals surface area (Å²) in [4.78, 5) is 15.4. The fraction of sp³-hybridized carbons (Fsp3) is 0.409. The number of hydrogen-bond donors (Lipinski definition) is 4. The Balaban J connectivity index is 1.84. The quantitative estimate of drug-likeness (QED) is 0.509. The number of rotatable bonds is 7. The monoisotopic (exact) mass is 427 g/mol. The van der Waals surface area contributed by atoms with Crippen LogP contribution in [0.25, 0.3) is 0 Å². The number of amides is 1. The van der Waals surface area contributed by atoms with Crippen LogP contribution in [0, 0.1) is 17.1 Å². The molecule has 2 aromatic rings. The van der Waals surface area contributed by atoms with Crippen LogP contribution in [0.15, 0.2) is 30.3 Å². The summed E-state index contributed by atoms with van der Waals surface area (Å²) in [5.74, 6) is 0.161. The van der Waals surface area contributed by atoms with E-state index in [0.717, 1.165) is 18.9 Å². The number of nitriles is 1. The maximum atomic E-state index is 14.6. The van der Waals surface area contributed by atoms with Crippen LogP contribution in [0.1, 0.15) is 45.1 Å². The molecule has 1 fully saturated rings. The van der Waals surface area contributed by atoms with Gasteiger partial charge < -0.3 is 25.8 Å². The van der Waals surface area contributed by atoms with Gasteiger partial charge in [-0.25, -0.2) is 14.2 Å². The highest BCUT2D eigenvalue weighted by Crippen LogP contribution is 2.28. The molecule has 31 heavy (non-hydrogen) atoms. The summed E-state index contributed by atoms with van der Waals surface area (Å²) in [5, 5.41) is 27.1. The number of ether oxygens (including phenoxy) is 1. The first kappa shape index (κ1) is 22.2. The van der Waals surface area contributed by atoms with E-state index < -0.39 is 11.9 Å². The number of hydrogen-bond acceptors (Lipinski definition) is 6. The number of nitrogens with zero attached hydrogens (tertiary/aromatic N) is 2. The third-order valence-electron chi connectivity index (χ3n) is 4.96. The number of halogens is 1. The first-order valence-corrected chi connectivity index (χ1v) is 10.3. The van der Waals surface area contributed by atoms with Crippen molar-refractivity contribution >= 4 is 23.4 Å². The third kappa shape index (κ3) is 5.98. The van der Waals surface area contributed by atoms with E-state index in [1.165, 1.54) is 0 Å². The zero-order valence-electron chi connectivity index (χ0n) is 17.5. The molecule has 1 amide bonds. The van der Waals surface area contributed by atoms with Gasteiger partial charge in [0.2, 0.25) is 0 Å². The summed E-state index contributed by atoms with van der Waals surface area (Å²) in [5.41, 5.74) is 0.699. The van der Waals surface area contributed by atoms with E-state index in [0.29, 0.717) is 24.3 Å². The minimum atomic E-state index is -1.11. The molecule has 3 rings (SSSR count).